The summed E-state index contributed by atoms with van der Waals surface area (Å²) < 4.78 is 25.5. The second-order valence-electron chi connectivity index (χ2n) is 4.36. The molecule has 1 atom stereocenters. The molecule has 2 heterocycles. The molecule has 1 fully saturated rings. The molecule has 6 heteroatoms. The number of hydrogen-bond donors (Lipinski definition) is 0. The molecule has 0 amide bonds. The molecule has 2 rings (SSSR count). The lowest BCUT2D eigenvalue weighted by atomic mass is 9.96. The molecule has 1 aliphatic rings. The van der Waals surface area contributed by atoms with Gasteiger partial charge in [0.25, 0.3) is 0 Å². The summed E-state index contributed by atoms with van der Waals surface area (Å²) in [5.41, 5.74) is 0.974. The molecule has 0 bridgehead atoms. The van der Waals surface area contributed by atoms with E-state index in [2.05, 4.69) is 20.9 Å². The highest BCUT2D eigenvalue weighted by atomic mass is 79.9. The first-order chi connectivity index (χ1) is 7.97. The van der Waals surface area contributed by atoms with Crippen molar-refractivity contribution in [3.05, 3.63) is 28.5 Å². The zero-order chi connectivity index (χ0) is 12.5. The predicted molar refractivity (Wildman–Crippen MR) is 70.3 cm³/mol. The summed E-state index contributed by atoms with van der Waals surface area (Å²) >= 11 is 3.34. The highest BCUT2D eigenvalue weighted by molar-refractivity contribution is 9.10. The highest BCUT2D eigenvalue weighted by Crippen LogP contribution is 2.27. The Bertz CT molecular complexity index is 487. The SMILES string of the molecule is CS(=O)(=O)N1CCC[C@@H](c2ccc(Br)cn2)C1. The molecule has 4 nitrogen and oxygen atoms in total. The molecule has 1 saturated heterocycles. The van der Waals surface area contributed by atoms with Gasteiger partial charge in [0.05, 0.1) is 6.26 Å². The first-order valence-electron chi connectivity index (χ1n) is 5.53. The number of halogens is 1. The minimum atomic E-state index is -3.08. The van der Waals surface area contributed by atoms with E-state index in [1.807, 2.05) is 12.1 Å². The molecular weight excluding hydrogens is 304 g/mol. The zero-order valence-corrected chi connectivity index (χ0v) is 12.0. The van der Waals surface area contributed by atoms with Gasteiger partial charge in [0.2, 0.25) is 10.0 Å². The molecule has 94 valence electrons. The van der Waals surface area contributed by atoms with Gasteiger partial charge in [0, 0.05) is 35.4 Å². The van der Waals surface area contributed by atoms with Crippen molar-refractivity contribution in [2.24, 2.45) is 0 Å². The molecule has 0 aromatic carbocycles. The zero-order valence-electron chi connectivity index (χ0n) is 9.63. The number of nitrogens with zero attached hydrogens (tertiary/aromatic N) is 2. The summed E-state index contributed by atoms with van der Waals surface area (Å²) in [4.78, 5) is 4.35. The van der Waals surface area contributed by atoms with Gasteiger partial charge in [0.15, 0.2) is 0 Å². The number of piperidine rings is 1. The van der Waals surface area contributed by atoms with Crippen LogP contribution >= 0.6 is 15.9 Å². The molecule has 0 unspecified atom stereocenters. The Labute approximate surface area is 110 Å². The van der Waals surface area contributed by atoms with E-state index >= 15 is 0 Å². The molecule has 0 radical (unpaired) electrons. The van der Waals surface area contributed by atoms with Crippen LogP contribution in [0.3, 0.4) is 0 Å². The van der Waals surface area contributed by atoms with E-state index < -0.39 is 10.0 Å². The van der Waals surface area contributed by atoms with Gasteiger partial charge in [0.1, 0.15) is 0 Å². The molecule has 0 N–H and O–H groups in total. The first kappa shape index (κ1) is 13.0. The van der Waals surface area contributed by atoms with Gasteiger partial charge in [-0.1, -0.05) is 0 Å². The van der Waals surface area contributed by atoms with Crippen LogP contribution in [-0.2, 0) is 10.0 Å². The van der Waals surface area contributed by atoms with Crippen LogP contribution in [0, 0.1) is 0 Å². The van der Waals surface area contributed by atoms with Crippen LogP contribution in [0.15, 0.2) is 22.8 Å². The lowest BCUT2D eigenvalue weighted by Crippen LogP contribution is -2.38. The third-order valence-electron chi connectivity index (χ3n) is 3.02. The average Bonchev–Trinajstić information content (AvgIpc) is 2.29. The molecule has 0 aliphatic carbocycles. The van der Waals surface area contributed by atoms with Gasteiger partial charge >= 0.3 is 0 Å². The smallest absolute Gasteiger partial charge is 0.211 e. The number of pyridine rings is 1. The molecule has 1 aromatic rings. The van der Waals surface area contributed by atoms with E-state index in [0.717, 1.165) is 23.0 Å². The van der Waals surface area contributed by atoms with Crippen LogP contribution in [0.5, 0.6) is 0 Å². The van der Waals surface area contributed by atoms with Crippen molar-refractivity contribution in [2.75, 3.05) is 19.3 Å². The standard InChI is InChI=1S/C11H15BrN2O2S/c1-17(15,16)14-6-2-3-9(8-14)11-5-4-10(12)7-13-11/h4-5,7,9H,2-3,6,8H2,1H3/t9-/m1/s1. The van der Waals surface area contributed by atoms with Crippen molar-refractivity contribution in [1.82, 2.24) is 9.29 Å². The predicted octanol–water partition coefficient (Wildman–Crippen LogP) is 1.98. The van der Waals surface area contributed by atoms with E-state index in [-0.39, 0.29) is 5.92 Å². The molecule has 1 aliphatic heterocycles. The van der Waals surface area contributed by atoms with Crippen LogP contribution in [0.4, 0.5) is 0 Å². The van der Waals surface area contributed by atoms with Gasteiger partial charge in [-0.2, -0.15) is 0 Å². The molecule has 0 saturated carbocycles. The Hall–Kier alpha value is -0.460. The third-order valence-corrected chi connectivity index (χ3v) is 4.76. The normalized spacial score (nSPS) is 22.6. The van der Waals surface area contributed by atoms with E-state index in [1.54, 1.807) is 10.5 Å². The summed E-state index contributed by atoms with van der Waals surface area (Å²) in [6, 6.07) is 3.91. The van der Waals surface area contributed by atoms with Crippen molar-refractivity contribution >= 4 is 26.0 Å². The summed E-state index contributed by atoms with van der Waals surface area (Å²) in [7, 11) is -3.08. The Morgan fingerprint density at radius 3 is 2.82 bits per heavy atom. The summed E-state index contributed by atoms with van der Waals surface area (Å²) in [6.07, 6.45) is 4.93. The fraction of sp³-hybridized carbons (Fsp3) is 0.545. The maximum absolute atomic E-state index is 11.5. The second kappa shape index (κ2) is 5.04. The highest BCUT2D eigenvalue weighted by Gasteiger charge is 2.27. The quantitative estimate of drug-likeness (QED) is 0.837. The van der Waals surface area contributed by atoms with Crippen molar-refractivity contribution in [3.8, 4) is 0 Å². The van der Waals surface area contributed by atoms with Crippen LogP contribution in [0.2, 0.25) is 0 Å². The molecule has 1 aromatic heterocycles. The van der Waals surface area contributed by atoms with Gasteiger partial charge in [-0.05, 0) is 40.9 Å². The topological polar surface area (TPSA) is 50.3 Å². The van der Waals surface area contributed by atoms with Crippen molar-refractivity contribution in [1.29, 1.82) is 0 Å². The largest absolute Gasteiger partial charge is 0.260 e. The molecular formula is C11H15BrN2O2S. The lowest BCUT2D eigenvalue weighted by molar-refractivity contribution is 0.314. The van der Waals surface area contributed by atoms with E-state index in [9.17, 15) is 8.42 Å². The third kappa shape index (κ3) is 3.26. The van der Waals surface area contributed by atoms with Crippen LogP contribution in [0.25, 0.3) is 0 Å². The van der Waals surface area contributed by atoms with Crippen molar-refractivity contribution in [2.45, 2.75) is 18.8 Å². The Kier molecular flexibility index (Phi) is 3.85. The average molecular weight is 319 g/mol. The summed E-state index contributed by atoms with van der Waals surface area (Å²) in [5, 5.41) is 0. The second-order valence-corrected chi connectivity index (χ2v) is 7.26. The minimum absolute atomic E-state index is 0.214. The fourth-order valence-corrected chi connectivity index (χ4v) is 3.26. The van der Waals surface area contributed by atoms with Crippen LogP contribution in [0.1, 0.15) is 24.5 Å². The van der Waals surface area contributed by atoms with Gasteiger partial charge in [-0.3, -0.25) is 4.98 Å². The van der Waals surface area contributed by atoms with Crippen LogP contribution < -0.4 is 0 Å². The van der Waals surface area contributed by atoms with Crippen molar-refractivity contribution in [3.63, 3.8) is 0 Å². The monoisotopic (exact) mass is 318 g/mol. The molecule has 0 spiro atoms. The number of sulfonamides is 1. The van der Waals surface area contributed by atoms with E-state index in [4.69, 9.17) is 0 Å². The minimum Gasteiger partial charge on any atom is -0.260 e. The fourth-order valence-electron chi connectivity index (χ4n) is 2.11. The first-order valence-corrected chi connectivity index (χ1v) is 8.17. The van der Waals surface area contributed by atoms with E-state index in [0.29, 0.717) is 13.1 Å². The Morgan fingerprint density at radius 2 is 2.24 bits per heavy atom. The summed E-state index contributed by atoms with van der Waals surface area (Å²) in [6.45, 7) is 1.18. The maximum Gasteiger partial charge on any atom is 0.211 e. The number of aromatic nitrogens is 1. The molecule has 17 heavy (non-hydrogen) atoms. The Balaban J connectivity index is 2.15. The number of hydrogen-bond acceptors (Lipinski definition) is 3. The maximum atomic E-state index is 11.5. The van der Waals surface area contributed by atoms with Crippen molar-refractivity contribution < 1.29 is 8.42 Å². The van der Waals surface area contributed by atoms with Gasteiger partial charge in [-0.15, -0.1) is 0 Å². The van der Waals surface area contributed by atoms with Crippen LogP contribution in [-0.4, -0.2) is 37.1 Å². The lowest BCUT2D eigenvalue weighted by Gasteiger charge is -2.30. The Morgan fingerprint density at radius 1 is 1.47 bits per heavy atom. The summed E-state index contributed by atoms with van der Waals surface area (Å²) in [5.74, 6) is 0.214. The number of rotatable bonds is 2. The van der Waals surface area contributed by atoms with E-state index in [1.165, 1.54) is 6.26 Å². The van der Waals surface area contributed by atoms with Gasteiger partial charge in [-0.25, -0.2) is 12.7 Å². The van der Waals surface area contributed by atoms with Gasteiger partial charge < -0.3 is 0 Å².